The van der Waals surface area contributed by atoms with E-state index in [1.807, 2.05) is 18.2 Å². The van der Waals surface area contributed by atoms with Crippen LogP contribution in [0.2, 0.25) is 0 Å². The number of carboxylic acids is 1. The number of carbonyl (C=O) groups is 2. The highest BCUT2D eigenvalue weighted by atomic mass is 16.5. The Bertz CT molecular complexity index is 869. The monoisotopic (exact) mass is 340 g/mol. The molecular formula is C19H20N2O4. The van der Waals surface area contributed by atoms with Gasteiger partial charge < -0.3 is 15.2 Å². The molecule has 25 heavy (non-hydrogen) atoms. The van der Waals surface area contributed by atoms with Gasteiger partial charge in [-0.25, -0.2) is 4.79 Å². The molecule has 0 aliphatic heterocycles. The van der Waals surface area contributed by atoms with Gasteiger partial charge in [0.25, 0.3) is 5.91 Å². The maximum atomic E-state index is 12.9. The normalized spacial score (nSPS) is 18.4. The fourth-order valence-electron chi connectivity index (χ4n) is 3.34. The summed E-state index contributed by atoms with van der Waals surface area (Å²) in [5.41, 5.74) is 0.970. The molecule has 0 spiro atoms. The number of methoxy groups -OCH3 is 1. The quantitative estimate of drug-likeness (QED) is 0.874. The lowest BCUT2D eigenvalue weighted by Gasteiger charge is -2.38. The summed E-state index contributed by atoms with van der Waals surface area (Å²) < 4.78 is 5.26. The van der Waals surface area contributed by atoms with Crippen LogP contribution in [0.15, 0.2) is 24.3 Å². The summed E-state index contributed by atoms with van der Waals surface area (Å²) >= 11 is 0. The summed E-state index contributed by atoms with van der Waals surface area (Å²) in [5.74, 6) is -0.288. The van der Waals surface area contributed by atoms with E-state index in [4.69, 9.17) is 4.74 Å². The fraction of sp³-hybridized carbons (Fsp3) is 0.421. The van der Waals surface area contributed by atoms with Crippen LogP contribution in [0.5, 0.6) is 5.75 Å². The fourth-order valence-corrected chi connectivity index (χ4v) is 3.34. The van der Waals surface area contributed by atoms with Crippen molar-refractivity contribution in [3.05, 3.63) is 35.5 Å². The molecule has 6 heteroatoms. The Labute approximate surface area is 145 Å². The number of aliphatic carboxylic acids is 1. The smallest absolute Gasteiger partial charge is 0.329 e. The summed E-state index contributed by atoms with van der Waals surface area (Å²) in [4.78, 5) is 29.2. The summed E-state index contributed by atoms with van der Waals surface area (Å²) in [6.45, 7) is 0. The molecule has 4 rings (SSSR count). The van der Waals surface area contributed by atoms with E-state index in [-0.39, 0.29) is 5.91 Å². The van der Waals surface area contributed by atoms with Crippen molar-refractivity contribution in [2.24, 2.45) is 0 Å². The number of carboxylic acid groups (broad SMARTS) is 1. The topological polar surface area (TPSA) is 88.5 Å². The molecule has 2 N–H and O–H groups in total. The number of aromatic nitrogens is 1. The SMILES string of the molecule is COc1ccc2nc(C3CC3)cc(C(=O)NC3(C(=O)O)CCC3)c2c1. The Morgan fingerprint density at radius 3 is 2.60 bits per heavy atom. The predicted octanol–water partition coefficient (Wildman–Crippen LogP) is 2.86. The van der Waals surface area contributed by atoms with Crippen molar-refractivity contribution >= 4 is 22.8 Å². The Hall–Kier alpha value is -2.63. The van der Waals surface area contributed by atoms with Gasteiger partial charge in [0, 0.05) is 17.0 Å². The van der Waals surface area contributed by atoms with E-state index >= 15 is 0 Å². The molecule has 130 valence electrons. The minimum atomic E-state index is -1.13. The van der Waals surface area contributed by atoms with Crippen LogP contribution < -0.4 is 10.1 Å². The Kier molecular flexibility index (Phi) is 3.63. The Balaban J connectivity index is 1.78. The van der Waals surface area contributed by atoms with Gasteiger partial charge in [0.1, 0.15) is 11.3 Å². The summed E-state index contributed by atoms with van der Waals surface area (Å²) in [5, 5.41) is 12.9. The van der Waals surface area contributed by atoms with Crippen molar-refractivity contribution in [1.29, 1.82) is 0 Å². The lowest BCUT2D eigenvalue weighted by Crippen LogP contribution is -2.59. The molecule has 0 atom stereocenters. The third-order valence-electron chi connectivity index (χ3n) is 5.25. The van der Waals surface area contributed by atoms with Crippen molar-refractivity contribution in [3.63, 3.8) is 0 Å². The predicted molar refractivity (Wildman–Crippen MR) is 92.0 cm³/mol. The molecule has 2 aliphatic rings. The molecule has 2 fully saturated rings. The number of carbonyl (C=O) groups excluding carboxylic acids is 1. The summed E-state index contributed by atoms with van der Waals surface area (Å²) in [6.07, 6.45) is 3.90. The first kappa shape index (κ1) is 15.9. The standard InChI is InChI=1S/C19H20N2O4/c1-25-12-5-6-15-13(9-12)14(10-16(20-15)11-3-4-11)17(22)21-19(18(23)24)7-2-8-19/h5-6,9-11H,2-4,7-8H2,1H3,(H,21,22)(H,23,24). The van der Waals surface area contributed by atoms with Crippen LogP contribution in [-0.2, 0) is 4.79 Å². The number of amides is 1. The highest BCUT2D eigenvalue weighted by molar-refractivity contribution is 6.08. The second-order valence-electron chi connectivity index (χ2n) is 6.95. The van der Waals surface area contributed by atoms with Crippen LogP contribution in [0.3, 0.4) is 0 Å². The minimum absolute atomic E-state index is 0.357. The zero-order valence-corrected chi connectivity index (χ0v) is 14.0. The van der Waals surface area contributed by atoms with Crippen molar-refractivity contribution in [2.75, 3.05) is 7.11 Å². The van der Waals surface area contributed by atoms with Crippen LogP contribution in [0, 0.1) is 0 Å². The number of ether oxygens (including phenoxy) is 1. The summed E-state index contributed by atoms with van der Waals surface area (Å²) in [6, 6.07) is 7.25. The van der Waals surface area contributed by atoms with E-state index in [2.05, 4.69) is 10.3 Å². The van der Waals surface area contributed by atoms with Crippen LogP contribution in [0.1, 0.15) is 54.1 Å². The van der Waals surface area contributed by atoms with Crippen molar-refractivity contribution in [3.8, 4) is 5.75 Å². The number of nitrogens with zero attached hydrogens (tertiary/aromatic N) is 1. The van der Waals surface area contributed by atoms with Gasteiger partial charge in [-0.2, -0.15) is 0 Å². The number of hydrogen-bond donors (Lipinski definition) is 2. The Morgan fingerprint density at radius 1 is 1.28 bits per heavy atom. The van der Waals surface area contributed by atoms with Gasteiger partial charge in [-0.3, -0.25) is 9.78 Å². The third-order valence-corrected chi connectivity index (χ3v) is 5.25. The van der Waals surface area contributed by atoms with E-state index in [9.17, 15) is 14.7 Å². The molecule has 2 aliphatic carbocycles. The average molecular weight is 340 g/mol. The van der Waals surface area contributed by atoms with Gasteiger partial charge in [-0.05, 0) is 56.4 Å². The van der Waals surface area contributed by atoms with Crippen LogP contribution in [-0.4, -0.2) is 34.6 Å². The number of benzene rings is 1. The van der Waals surface area contributed by atoms with E-state index in [0.717, 1.165) is 30.5 Å². The maximum Gasteiger partial charge on any atom is 0.329 e. The second-order valence-corrected chi connectivity index (χ2v) is 6.95. The Morgan fingerprint density at radius 2 is 2.04 bits per heavy atom. The highest BCUT2D eigenvalue weighted by Gasteiger charge is 2.46. The first-order chi connectivity index (χ1) is 12.0. The molecule has 1 amide bonds. The van der Waals surface area contributed by atoms with Crippen LogP contribution in [0.4, 0.5) is 0 Å². The van der Waals surface area contributed by atoms with Crippen LogP contribution in [0.25, 0.3) is 10.9 Å². The van der Waals surface area contributed by atoms with Gasteiger partial charge in [-0.1, -0.05) is 0 Å². The van der Waals surface area contributed by atoms with Crippen molar-refractivity contribution < 1.29 is 19.4 Å². The molecular weight excluding hydrogens is 320 g/mol. The van der Waals surface area contributed by atoms with Gasteiger partial charge in [0.2, 0.25) is 0 Å². The lowest BCUT2D eigenvalue weighted by atomic mass is 9.76. The highest BCUT2D eigenvalue weighted by Crippen LogP contribution is 2.41. The first-order valence-corrected chi connectivity index (χ1v) is 8.57. The number of pyridine rings is 1. The molecule has 1 aromatic heterocycles. The molecule has 2 aromatic rings. The summed E-state index contributed by atoms with van der Waals surface area (Å²) in [7, 11) is 1.57. The molecule has 2 saturated carbocycles. The minimum Gasteiger partial charge on any atom is -0.497 e. The van der Waals surface area contributed by atoms with Crippen molar-refractivity contribution in [1.82, 2.24) is 10.3 Å². The number of rotatable bonds is 5. The van der Waals surface area contributed by atoms with E-state index in [0.29, 0.717) is 35.5 Å². The molecule has 0 radical (unpaired) electrons. The average Bonchev–Trinajstić information content (AvgIpc) is 3.41. The third kappa shape index (κ3) is 2.71. The van der Waals surface area contributed by atoms with E-state index < -0.39 is 11.5 Å². The van der Waals surface area contributed by atoms with E-state index in [1.54, 1.807) is 13.2 Å². The zero-order chi connectivity index (χ0) is 17.6. The van der Waals surface area contributed by atoms with Crippen molar-refractivity contribution in [2.45, 2.75) is 43.6 Å². The van der Waals surface area contributed by atoms with Gasteiger partial charge in [-0.15, -0.1) is 0 Å². The van der Waals surface area contributed by atoms with Crippen LogP contribution >= 0.6 is 0 Å². The van der Waals surface area contributed by atoms with E-state index in [1.165, 1.54) is 0 Å². The molecule has 0 saturated heterocycles. The first-order valence-electron chi connectivity index (χ1n) is 8.57. The largest absolute Gasteiger partial charge is 0.497 e. The molecule has 1 heterocycles. The maximum absolute atomic E-state index is 12.9. The molecule has 6 nitrogen and oxygen atoms in total. The molecule has 0 bridgehead atoms. The van der Waals surface area contributed by atoms with Gasteiger partial charge >= 0.3 is 5.97 Å². The number of hydrogen-bond acceptors (Lipinski definition) is 4. The number of nitrogens with one attached hydrogen (secondary N) is 1. The molecule has 1 aromatic carbocycles. The lowest BCUT2D eigenvalue weighted by molar-refractivity contribution is -0.148. The number of fused-ring (bicyclic) bond motifs is 1. The van der Waals surface area contributed by atoms with Gasteiger partial charge in [0.05, 0.1) is 18.2 Å². The van der Waals surface area contributed by atoms with Gasteiger partial charge in [0.15, 0.2) is 0 Å². The molecule has 0 unspecified atom stereocenters. The zero-order valence-electron chi connectivity index (χ0n) is 14.0. The second kappa shape index (κ2) is 5.72.